The van der Waals surface area contributed by atoms with Crippen molar-refractivity contribution in [3.05, 3.63) is 89.0 Å². The molecule has 41 heavy (non-hydrogen) atoms. The van der Waals surface area contributed by atoms with Crippen molar-refractivity contribution in [1.82, 2.24) is 15.1 Å². The topological polar surface area (TPSA) is 110 Å². The Morgan fingerprint density at radius 2 is 1.73 bits per heavy atom. The van der Waals surface area contributed by atoms with Crippen molar-refractivity contribution in [3.8, 4) is 0 Å². The number of hydrogen-bond donors (Lipinski definition) is 4. The minimum Gasteiger partial charge on any atom is -0.481 e. The van der Waals surface area contributed by atoms with E-state index in [0.29, 0.717) is 35.2 Å². The molecule has 1 aliphatic heterocycles. The van der Waals surface area contributed by atoms with Crippen molar-refractivity contribution in [2.24, 2.45) is 0 Å². The van der Waals surface area contributed by atoms with Gasteiger partial charge in [-0.05, 0) is 79.8 Å². The fourth-order valence-corrected chi connectivity index (χ4v) is 5.17. The number of hydrogen-bond acceptors (Lipinski definition) is 5. The van der Waals surface area contributed by atoms with Crippen molar-refractivity contribution in [3.63, 3.8) is 0 Å². The molecule has 1 aliphatic rings. The molecule has 5 rings (SSSR count). The maximum absolute atomic E-state index is 13.6. The standard InChI is InChI=1S/C30H31F2N5O3.CH4/c31-21-15-20(16-22(32)18-21)14-19-7-8-27-25(17-19)29(36-35-27)34-30(40)24-4-1-2-5-26(24)33-23-9-12-37(13-10-23)11-3-6-28(38)39;/h1-2,4-5,7-8,15-18,23,33H,3,6,9-14H2,(H,38,39)(H2,34,35,36,40);1H4. The second-order valence-electron chi connectivity index (χ2n) is 10.2. The van der Waals surface area contributed by atoms with Gasteiger partial charge in [-0.25, -0.2) is 8.78 Å². The summed E-state index contributed by atoms with van der Waals surface area (Å²) in [6, 6.07) is 16.5. The van der Waals surface area contributed by atoms with E-state index in [-0.39, 0.29) is 25.8 Å². The summed E-state index contributed by atoms with van der Waals surface area (Å²) in [7, 11) is 0. The molecule has 1 aromatic heterocycles. The maximum Gasteiger partial charge on any atom is 0.303 e. The molecular weight excluding hydrogens is 528 g/mol. The largest absolute Gasteiger partial charge is 0.481 e. The quantitative estimate of drug-likeness (QED) is 0.187. The van der Waals surface area contributed by atoms with Crippen molar-refractivity contribution < 1.29 is 23.5 Å². The van der Waals surface area contributed by atoms with Gasteiger partial charge in [-0.2, -0.15) is 5.10 Å². The number of aromatic amines is 1. The number of para-hydroxylation sites is 1. The number of aliphatic carboxylic acids is 1. The number of piperidine rings is 1. The first-order valence-electron chi connectivity index (χ1n) is 13.4. The number of rotatable bonds is 10. The number of benzene rings is 3. The number of carboxylic acids is 1. The van der Waals surface area contributed by atoms with Crippen LogP contribution in [0.1, 0.15) is 54.6 Å². The molecule has 1 fully saturated rings. The molecule has 0 unspecified atom stereocenters. The van der Waals surface area contributed by atoms with Crippen molar-refractivity contribution in [2.45, 2.75) is 45.6 Å². The van der Waals surface area contributed by atoms with Crippen LogP contribution in [0.25, 0.3) is 10.9 Å². The van der Waals surface area contributed by atoms with Gasteiger partial charge < -0.3 is 20.6 Å². The summed E-state index contributed by atoms with van der Waals surface area (Å²) in [5.41, 5.74) is 3.29. The summed E-state index contributed by atoms with van der Waals surface area (Å²) >= 11 is 0. The van der Waals surface area contributed by atoms with Crippen LogP contribution in [0, 0.1) is 11.6 Å². The van der Waals surface area contributed by atoms with Crippen molar-refractivity contribution in [2.75, 3.05) is 30.3 Å². The SMILES string of the molecule is C.O=C(O)CCCN1CCC(Nc2ccccc2C(=O)Nc2n[nH]c3ccc(Cc4cc(F)cc(F)c4)cc23)CC1. The summed E-state index contributed by atoms with van der Waals surface area (Å²) in [6.07, 6.45) is 2.94. The number of carbonyl (C=O) groups is 2. The van der Waals surface area contributed by atoms with Crippen LogP contribution in [0.3, 0.4) is 0 Å². The average Bonchev–Trinajstić information content (AvgIpc) is 3.31. The van der Waals surface area contributed by atoms with E-state index in [2.05, 4.69) is 25.7 Å². The van der Waals surface area contributed by atoms with Crippen molar-refractivity contribution in [1.29, 1.82) is 0 Å². The number of carbonyl (C=O) groups excluding carboxylic acids is 1. The molecular formula is C31H35F2N5O3. The zero-order valence-electron chi connectivity index (χ0n) is 21.9. The number of nitrogens with zero attached hydrogens (tertiary/aromatic N) is 2. The molecule has 0 aliphatic carbocycles. The van der Waals surface area contributed by atoms with Gasteiger partial charge in [-0.15, -0.1) is 0 Å². The number of H-pyrrole nitrogens is 1. The first kappa shape index (κ1) is 29.7. The Morgan fingerprint density at radius 1 is 1.00 bits per heavy atom. The Balaban J connectivity index is 0.00000387. The third-order valence-electron chi connectivity index (χ3n) is 7.17. The fourth-order valence-electron chi connectivity index (χ4n) is 5.17. The number of nitrogens with one attached hydrogen (secondary N) is 3. The Bertz CT molecular complexity index is 1490. The Morgan fingerprint density at radius 3 is 2.46 bits per heavy atom. The van der Waals surface area contributed by atoms with Crippen LogP contribution in [0.4, 0.5) is 20.3 Å². The number of likely N-dealkylation sites (tertiary alicyclic amines) is 1. The van der Waals surface area contributed by atoms with Gasteiger partial charge in [0.2, 0.25) is 0 Å². The smallest absolute Gasteiger partial charge is 0.303 e. The van der Waals surface area contributed by atoms with Gasteiger partial charge in [-0.1, -0.05) is 25.6 Å². The van der Waals surface area contributed by atoms with Gasteiger partial charge in [0.05, 0.1) is 11.1 Å². The molecule has 4 aromatic rings. The van der Waals surface area contributed by atoms with Crippen LogP contribution in [-0.4, -0.2) is 57.8 Å². The molecule has 3 aromatic carbocycles. The number of aromatic nitrogens is 2. The van der Waals surface area contributed by atoms with Crippen LogP contribution in [0.5, 0.6) is 0 Å². The number of anilines is 2. The second-order valence-corrected chi connectivity index (χ2v) is 10.2. The average molecular weight is 564 g/mol. The van der Waals surface area contributed by atoms with Gasteiger partial charge in [0.1, 0.15) is 11.6 Å². The lowest BCUT2D eigenvalue weighted by atomic mass is 10.0. The lowest BCUT2D eigenvalue weighted by Crippen LogP contribution is -2.39. The molecule has 216 valence electrons. The molecule has 4 N–H and O–H groups in total. The van der Waals surface area contributed by atoms with Crippen LogP contribution in [0.15, 0.2) is 60.7 Å². The minimum absolute atomic E-state index is 0. The molecule has 0 radical (unpaired) electrons. The predicted molar refractivity (Wildman–Crippen MR) is 156 cm³/mol. The molecule has 2 heterocycles. The molecule has 0 saturated carbocycles. The van der Waals surface area contributed by atoms with E-state index in [9.17, 15) is 18.4 Å². The highest BCUT2D eigenvalue weighted by molar-refractivity contribution is 6.10. The molecule has 8 nitrogen and oxygen atoms in total. The molecule has 0 atom stereocenters. The molecule has 0 bridgehead atoms. The monoisotopic (exact) mass is 563 g/mol. The third kappa shape index (κ3) is 7.67. The van der Waals surface area contributed by atoms with Gasteiger partial charge in [0.15, 0.2) is 5.82 Å². The number of fused-ring (bicyclic) bond motifs is 1. The van der Waals surface area contributed by atoms with E-state index < -0.39 is 17.6 Å². The Labute approximate surface area is 237 Å². The van der Waals surface area contributed by atoms with Gasteiger partial charge >= 0.3 is 5.97 Å². The number of halogens is 2. The number of carboxylic acid groups (broad SMARTS) is 1. The third-order valence-corrected chi connectivity index (χ3v) is 7.17. The van der Waals surface area contributed by atoms with Gasteiger partial charge in [0.25, 0.3) is 5.91 Å². The second kappa shape index (κ2) is 13.4. The highest BCUT2D eigenvalue weighted by Gasteiger charge is 2.21. The first-order chi connectivity index (χ1) is 19.3. The van der Waals surface area contributed by atoms with Crippen LogP contribution in [0.2, 0.25) is 0 Å². The van der Waals surface area contributed by atoms with E-state index in [1.165, 1.54) is 12.1 Å². The van der Waals surface area contributed by atoms with Gasteiger partial charge in [-0.3, -0.25) is 14.7 Å². The van der Waals surface area contributed by atoms with Crippen LogP contribution < -0.4 is 10.6 Å². The maximum atomic E-state index is 13.6. The summed E-state index contributed by atoms with van der Waals surface area (Å²) in [6.45, 7) is 2.52. The Hall–Kier alpha value is -4.31. The van der Waals surface area contributed by atoms with Crippen LogP contribution in [-0.2, 0) is 11.2 Å². The van der Waals surface area contributed by atoms with E-state index in [0.717, 1.165) is 55.3 Å². The predicted octanol–water partition coefficient (Wildman–Crippen LogP) is 6.06. The summed E-state index contributed by atoms with van der Waals surface area (Å²) in [4.78, 5) is 26.4. The minimum atomic E-state index is -0.768. The zero-order valence-corrected chi connectivity index (χ0v) is 21.9. The van der Waals surface area contributed by atoms with Crippen LogP contribution >= 0.6 is 0 Å². The highest BCUT2D eigenvalue weighted by atomic mass is 19.1. The first-order valence-corrected chi connectivity index (χ1v) is 13.4. The van der Waals surface area contributed by atoms with E-state index in [1.807, 2.05) is 36.4 Å². The van der Waals surface area contributed by atoms with Crippen molar-refractivity contribution >= 4 is 34.3 Å². The molecule has 1 amide bonds. The van der Waals surface area contributed by atoms with E-state index >= 15 is 0 Å². The number of amides is 1. The lowest BCUT2D eigenvalue weighted by molar-refractivity contribution is -0.137. The fraction of sp³-hybridized carbons (Fsp3) is 0.323. The highest BCUT2D eigenvalue weighted by Crippen LogP contribution is 2.26. The lowest BCUT2D eigenvalue weighted by Gasteiger charge is -2.33. The van der Waals surface area contributed by atoms with Gasteiger partial charge in [0, 0.05) is 42.7 Å². The van der Waals surface area contributed by atoms with E-state index in [4.69, 9.17) is 5.11 Å². The summed E-state index contributed by atoms with van der Waals surface area (Å²) < 4.78 is 27.3. The molecule has 1 saturated heterocycles. The summed E-state index contributed by atoms with van der Waals surface area (Å²) in [5, 5.41) is 23.2. The van der Waals surface area contributed by atoms with E-state index in [1.54, 1.807) is 6.07 Å². The molecule has 0 spiro atoms. The zero-order chi connectivity index (χ0) is 28.1. The Kier molecular flexibility index (Phi) is 9.67. The summed E-state index contributed by atoms with van der Waals surface area (Å²) in [5.74, 6) is -1.95. The normalized spacial score (nSPS) is 14.0. The molecule has 10 heteroatoms.